The fraction of sp³-hybridized carbons (Fsp3) is 1.00. The van der Waals surface area contributed by atoms with Crippen LogP contribution in [0.15, 0.2) is 0 Å². The molecule has 5 atom stereocenters. The van der Waals surface area contributed by atoms with Crippen LogP contribution in [-0.2, 0) is 0 Å². The SMILES string of the molecule is CC1(C)CCC[C@@]2(C)C(CO)[C@H]3CC[C@H]2C3C1. The second-order valence-electron chi connectivity index (χ2n) is 8.03. The summed E-state index contributed by atoms with van der Waals surface area (Å²) in [7, 11) is 0. The molecule has 2 unspecified atom stereocenters. The summed E-state index contributed by atoms with van der Waals surface area (Å²) < 4.78 is 0. The fourth-order valence-electron chi connectivity index (χ4n) is 5.88. The normalized spacial score (nSPS) is 52.2. The zero-order valence-electron chi connectivity index (χ0n) is 11.7. The molecule has 98 valence electrons. The van der Waals surface area contributed by atoms with E-state index in [0.29, 0.717) is 23.4 Å². The maximum atomic E-state index is 9.81. The van der Waals surface area contributed by atoms with Crippen LogP contribution in [0.2, 0.25) is 0 Å². The van der Waals surface area contributed by atoms with E-state index in [0.717, 1.165) is 17.8 Å². The van der Waals surface area contributed by atoms with Crippen molar-refractivity contribution in [2.75, 3.05) is 6.61 Å². The van der Waals surface area contributed by atoms with Crippen LogP contribution in [0.1, 0.15) is 59.3 Å². The molecule has 3 fully saturated rings. The van der Waals surface area contributed by atoms with E-state index in [1.165, 1.54) is 38.5 Å². The first-order valence-corrected chi connectivity index (χ1v) is 7.59. The van der Waals surface area contributed by atoms with Crippen molar-refractivity contribution in [1.82, 2.24) is 0 Å². The van der Waals surface area contributed by atoms with Crippen LogP contribution in [0, 0.1) is 34.5 Å². The molecule has 17 heavy (non-hydrogen) atoms. The molecule has 3 rings (SSSR count). The Labute approximate surface area is 106 Å². The van der Waals surface area contributed by atoms with E-state index in [4.69, 9.17) is 0 Å². The molecule has 0 aliphatic heterocycles. The lowest BCUT2D eigenvalue weighted by Crippen LogP contribution is -2.36. The minimum Gasteiger partial charge on any atom is -0.396 e. The zero-order valence-corrected chi connectivity index (χ0v) is 11.7. The summed E-state index contributed by atoms with van der Waals surface area (Å²) in [6.45, 7) is 7.85. The second-order valence-corrected chi connectivity index (χ2v) is 8.03. The van der Waals surface area contributed by atoms with Gasteiger partial charge in [0.25, 0.3) is 0 Å². The third-order valence-corrected chi connectivity index (χ3v) is 6.64. The van der Waals surface area contributed by atoms with Crippen molar-refractivity contribution < 1.29 is 5.11 Å². The molecule has 0 aromatic carbocycles. The Morgan fingerprint density at radius 2 is 1.82 bits per heavy atom. The van der Waals surface area contributed by atoms with Gasteiger partial charge in [0.1, 0.15) is 0 Å². The lowest BCUT2D eigenvalue weighted by Gasteiger charge is -2.43. The molecule has 4 bridgehead atoms. The Hall–Kier alpha value is -0.0400. The van der Waals surface area contributed by atoms with Gasteiger partial charge in [-0.15, -0.1) is 0 Å². The first-order chi connectivity index (χ1) is 7.98. The highest BCUT2D eigenvalue weighted by atomic mass is 16.3. The van der Waals surface area contributed by atoms with Gasteiger partial charge in [-0.1, -0.05) is 27.2 Å². The van der Waals surface area contributed by atoms with Crippen LogP contribution < -0.4 is 0 Å². The molecule has 0 spiro atoms. The summed E-state index contributed by atoms with van der Waals surface area (Å²) in [5.41, 5.74) is 1.01. The van der Waals surface area contributed by atoms with Crippen molar-refractivity contribution >= 4 is 0 Å². The highest BCUT2D eigenvalue weighted by Crippen LogP contribution is 2.67. The Morgan fingerprint density at radius 1 is 1.06 bits per heavy atom. The molecular formula is C16H28O. The van der Waals surface area contributed by atoms with E-state index < -0.39 is 0 Å². The van der Waals surface area contributed by atoms with Crippen LogP contribution in [-0.4, -0.2) is 11.7 Å². The lowest BCUT2D eigenvalue weighted by atomic mass is 9.63. The van der Waals surface area contributed by atoms with E-state index in [-0.39, 0.29) is 0 Å². The molecule has 0 aromatic rings. The number of hydrogen-bond donors (Lipinski definition) is 1. The van der Waals surface area contributed by atoms with Crippen LogP contribution in [0.5, 0.6) is 0 Å². The van der Waals surface area contributed by atoms with Crippen molar-refractivity contribution in [3.8, 4) is 0 Å². The van der Waals surface area contributed by atoms with Gasteiger partial charge >= 0.3 is 0 Å². The first kappa shape index (κ1) is 12.0. The van der Waals surface area contributed by atoms with E-state index in [9.17, 15) is 5.11 Å². The minimum absolute atomic E-state index is 0.439. The summed E-state index contributed by atoms with van der Waals surface area (Å²) >= 11 is 0. The van der Waals surface area contributed by atoms with Gasteiger partial charge in [0.2, 0.25) is 0 Å². The van der Waals surface area contributed by atoms with Crippen molar-refractivity contribution in [3.05, 3.63) is 0 Å². The smallest absolute Gasteiger partial charge is 0.0467 e. The van der Waals surface area contributed by atoms with Gasteiger partial charge in [-0.2, -0.15) is 0 Å². The lowest BCUT2D eigenvalue weighted by molar-refractivity contribution is 0.0327. The third-order valence-electron chi connectivity index (χ3n) is 6.64. The number of hydrogen-bond acceptors (Lipinski definition) is 1. The predicted octanol–water partition coefficient (Wildman–Crippen LogP) is 3.86. The quantitative estimate of drug-likeness (QED) is 0.733. The summed E-state index contributed by atoms with van der Waals surface area (Å²) in [6, 6.07) is 0. The van der Waals surface area contributed by atoms with Crippen molar-refractivity contribution in [1.29, 1.82) is 0 Å². The summed E-state index contributed by atoms with van der Waals surface area (Å²) in [6.07, 6.45) is 8.37. The highest BCUT2D eigenvalue weighted by molar-refractivity contribution is 5.09. The average molecular weight is 236 g/mol. The summed E-state index contributed by atoms with van der Waals surface area (Å²) in [4.78, 5) is 0. The van der Waals surface area contributed by atoms with E-state index >= 15 is 0 Å². The molecule has 3 aliphatic carbocycles. The maximum Gasteiger partial charge on any atom is 0.0467 e. The molecule has 1 nitrogen and oxygen atoms in total. The Balaban J connectivity index is 1.95. The number of aliphatic hydroxyl groups is 1. The molecule has 0 amide bonds. The predicted molar refractivity (Wildman–Crippen MR) is 70.6 cm³/mol. The van der Waals surface area contributed by atoms with Gasteiger partial charge in [0, 0.05) is 6.61 Å². The van der Waals surface area contributed by atoms with Gasteiger partial charge in [-0.25, -0.2) is 0 Å². The zero-order chi connectivity index (χ0) is 12.3. The van der Waals surface area contributed by atoms with Crippen LogP contribution in [0.25, 0.3) is 0 Å². The van der Waals surface area contributed by atoms with Gasteiger partial charge in [-0.05, 0) is 66.6 Å². The van der Waals surface area contributed by atoms with Crippen molar-refractivity contribution in [2.24, 2.45) is 34.5 Å². The molecule has 1 N–H and O–H groups in total. The number of rotatable bonds is 1. The molecule has 0 aromatic heterocycles. The van der Waals surface area contributed by atoms with Crippen LogP contribution in [0.4, 0.5) is 0 Å². The third kappa shape index (κ3) is 1.61. The Bertz CT molecular complexity index is 309. The monoisotopic (exact) mass is 236 g/mol. The molecule has 3 saturated carbocycles. The molecule has 0 saturated heterocycles. The van der Waals surface area contributed by atoms with Gasteiger partial charge in [0.05, 0.1) is 0 Å². The Morgan fingerprint density at radius 3 is 2.53 bits per heavy atom. The summed E-state index contributed by atoms with van der Waals surface area (Å²) in [5, 5.41) is 9.81. The van der Waals surface area contributed by atoms with E-state index in [1.807, 2.05) is 0 Å². The second kappa shape index (κ2) is 3.73. The highest BCUT2D eigenvalue weighted by Gasteiger charge is 2.61. The van der Waals surface area contributed by atoms with E-state index in [2.05, 4.69) is 20.8 Å². The van der Waals surface area contributed by atoms with E-state index in [1.54, 1.807) is 0 Å². The van der Waals surface area contributed by atoms with Crippen molar-refractivity contribution in [3.63, 3.8) is 0 Å². The maximum absolute atomic E-state index is 9.81. The molecule has 1 heteroatoms. The first-order valence-electron chi connectivity index (χ1n) is 7.59. The molecule has 0 heterocycles. The topological polar surface area (TPSA) is 20.2 Å². The Kier molecular flexibility index (Phi) is 2.63. The van der Waals surface area contributed by atoms with Gasteiger partial charge < -0.3 is 5.11 Å². The van der Waals surface area contributed by atoms with Crippen LogP contribution in [0.3, 0.4) is 0 Å². The molecule has 0 radical (unpaired) electrons. The van der Waals surface area contributed by atoms with Gasteiger partial charge in [0.15, 0.2) is 0 Å². The van der Waals surface area contributed by atoms with Crippen molar-refractivity contribution in [2.45, 2.75) is 59.3 Å². The minimum atomic E-state index is 0.439. The molecule has 3 aliphatic rings. The van der Waals surface area contributed by atoms with Crippen LogP contribution >= 0.6 is 0 Å². The number of aliphatic hydroxyl groups excluding tert-OH is 1. The summed E-state index contributed by atoms with van der Waals surface area (Å²) in [5.74, 6) is 3.30. The standard InChI is InChI=1S/C16H28O/c1-15(2)7-4-8-16(3)13-6-5-11(12(13)9-15)14(16)10-17/h11-14,17H,4-10H2,1-3H3/t11-,12?,13-,14?,16+/m0/s1. The average Bonchev–Trinajstić information content (AvgIpc) is 2.69. The molecular weight excluding hydrogens is 208 g/mol. The fourth-order valence-corrected chi connectivity index (χ4v) is 5.88. The largest absolute Gasteiger partial charge is 0.396 e. The van der Waals surface area contributed by atoms with Gasteiger partial charge in [-0.3, -0.25) is 0 Å².